The Hall–Kier alpha value is -2.92. The lowest BCUT2D eigenvalue weighted by Crippen LogP contribution is -2.38. The lowest BCUT2D eigenvalue weighted by atomic mass is 10.2. The Morgan fingerprint density at radius 1 is 1.09 bits per heavy atom. The summed E-state index contributed by atoms with van der Waals surface area (Å²) in [4.78, 5) is 24.2. The molecule has 2 aromatic carbocycles. The number of carbonyl (C=O) groups excluding carboxylic acids is 2. The number of carbonyl (C=O) groups is 2. The molecule has 1 fully saturated rings. The van der Waals surface area contributed by atoms with Crippen molar-refractivity contribution in [3.8, 4) is 0 Å². The van der Waals surface area contributed by atoms with Crippen molar-refractivity contribution in [1.82, 2.24) is 5.32 Å². The van der Waals surface area contributed by atoms with Crippen LogP contribution >= 0.6 is 0 Å². The summed E-state index contributed by atoms with van der Waals surface area (Å²) in [6.07, 6.45) is 0.335. The van der Waals surface area contributed by atoms with Crippen LogP contribution in [0.15, 0.2) is 47.4 Å². The summed E-state index contributed by atoms with van der Waals surface area (Å²) in [5.41, 5.74) is 1.82. The third-order valence-corrected chi connectivity index (χ3v) is 8.23. The molecule has 0 radical (unpaired) electrons. The second-order valence-corrected chi connectivity index (χ2v) is 11.6. The summed E-state index contributed by atoms with van der Waals surface area (Å²) < 4.78 is 55.6. The van der Waals surface area contributed by atoms with E-state index in [0.29, 0.717) is 12.0 Å². The van der Waals surface area contributed by atoms with Gasteiger partial charge in [-0.1, -0.05) is 12.1 Å². The van der Waals surface area contributed by atoms with Gasteiger partial charge >= 0.3 is 5.97 Å². The molecule has 11 heteroatoms. The lowest BCUT2D eigenvalue weighted by Gasteiger charge is -2.12. The van der Waals surface area contributed by atoms with Gasteiger partial charge in [0.25, 0.3) is 15.9 Å². The minimum Gasteiger partial charge on any atom is -0.452 e. The Morgan fingerprint density at radius 3 is 2.41 bits per heavy atom. The fourth-order valence-electron chi connectivity index (χ4n) is 3.27. The first-order valence-electron chi connectivity index (χ1n) is 9.82. The van der Waals surface area contributed by atoms with Crippen molar-refractivity contribution in [2.24, 2.45) is 0 Å². The molecular formula is C21H24N2O7S2. The number of aryl methyl sites for hydroxylation is 2. The predicted octanol–water partition coefficient (Wildman–Crippen LogP) is 1.56. The maximum absolute atomic E-state index is 12.7. The highest BCUT2D eigenvalue weighted by molar-refractivity contribution is 7.92. The number of sulfonamides is 1. The fraction of sp³-hybridized carbons (Fsp3) is 0.333. The number of hydrogen-bond donors (Lipinski definition) is 2. The van der Waals surface area contributed by atoms with Gasteiger partial charge in [0.15, 0.2) is 16.4 Å². The maximum Gasteiger partial charge on any atom is 0.338 e. The van der Waals surface area contributed by atoms with Gasteiger partial charge in [0.05, 0.1) is 22.0 Å². The zero-order chi connectivity index (χ0) is 23.5. The molecule has 1 amide bonds. The quantitative estimate of drug-likeness (QED) is 0.574. The van der Waals surface area contributed by atoms with Gasteiger partial charge in [0.2, 0.25) is 0 Å². The van der Waals surface area contributed by atoms with Gasteiger partial charge in [-0.15, -0.1) is 0 Å². The molecule has 1 aliphatic rings. The normalized spacial score (nSPS) is 17.5. The van der Waals surface area contributed by atoms with E-state index in [0.717, 1.165) is 5.56 Å². The molecule has 0 spiro atoms. The Kier molecular flexibility index (Phi) is 6.89. The number of amides is 1. The lowest BCUT2D eigenvalue weighted by molar-refractivity contribution is -0.124. The van der Waals surface area contributed by atoms with Crippen LogP contribution in [-0.4, -0.2) is 52.9 Å². The van der Waals surface area contributed by atoms with Crippen LogP contribution in [0.2, 0.25) is 0 Å². The highest BCUT2D eigenvalue weighted by Crippen LogP contribution is 2.21. The Balaban J connectivity index is 1.56. The number of anilines is 1. The van der Waals surface area contributed by atoms with Crippen LogP contribution in [0.4, 0.5) is 5.69 Å². The van der Waals surface area contributed by atoms with Crippen LogP contribution in [0.3, 0.4) is 0 Å². The zero-order valence-electron chi connectivity index (χ0n) is 17.6. The number of ether oxygens (including phenoxy) is 1. The number of esters is 1. The first-order chi connectivity index (χ1) is 14.9. The second kappa shape index (κ2) is 9.29. The van der Waals surface area contributed by atoms with Gasteiger partial charge < -0.3 is 10.1 Å². The largest absolute Gasteiger partial charge is 0.452 e. The van der Waals surface area contributed by atoms with Crippen LogP contribution in [0.1, 0.15) is 27.9 Å². The molecular weight excluding hydrogens is 456 g/mol. The number of sulfone groups is 1. The highest BCUT2D eigenvalue weighted by atomic mass is 32.2. The van der Waals surface area contributed by atoms with Crippen molar-refractivity contribution >= 4 is 37.4 Å². The topological polar surface area (TPSA) is 136 Å². The van der Waals surface area contributed by atoms with E-state index in [9.17, 15) is 26.4 Å². The van der Waals surface area contributed by atoms with Crippen molar-refractivity contribution in [3.63, 3.8) is 0 Å². The Labute approximate surface area is 187 Å². The predicted molar refractivity (Wildman–Crippen MR) is 119 cm³/mol. The van der Waals surface area contributed by atoms with E-state index in [1.165, 1.54) is 24.3 Å². The van der Waals surface area contributed by atoms with E-state index in [-0.39, 0.29) is 27.7 Å². The minimum absolute atomic E-state index is 0.0251. The Morgan fingerprint density at radius 2 is 1.78 bits per heavy atom. The van der Waals surface area contributed by atoms with Crippen molar-refractivity contribution in [3.05, 3.63) is 59.2 Å². The van der Waals surface area contributed by atoms with Gasteiger partial charge in [0, 0.05) is 11.7 Å². The number of hydrogen-bond acceptors (Lipinski definition) is 7. The maximum atomic E-state index is 12.7. The molecule has 1 saturated heterocycles. The molecule has 1 heterocycles. The van der Waals surface area contributed by atoms with E-state index in [2.05, 4.69) is 10.0 Å². The molecule has 0 bridgehead atoms. The molecule has 0 aliphatic carbocycles. The van der Waals surface area contributed by atoms with E-state index in [1.54, 1.807) is 26.0 Å². The van der Waals surface area contributed by atoms with E-state index in [4.69, 9.17) is 4.74 Å². The first-order valence-corrected chi connectivity index (χ1v) is 13.1. The third-order valence-electron chi connectivity index (χ3n) is 4.94. The van der Waals surface area contributed by atoms with Crippen LogP contribution in [0.5, 0.6) is 0 Å². The zero-order valence-corrected chi connectivity index (χ0v) is 19.3. The summed E-state index contributed by atoms with van der Waals surface area (Å²) in [6.45, 7) is 2.96. The molecule has 1 unspecified atom stereocenters. The standard InChI is InChI=1S/C21H24N2O7S2/c1-14-3-4-15(2)19(11-14)32(28,29)23-17-7-5-16(6-8-17)21(25)30-12-20(24)22-18-9-10-31(26,27)13-18/h3-8,11,18,23H,9-10,12-13H2,1-2H3,(H,22,24). The average molecular weight is 481 g/mol. The summed E-state index contributed by atoms with van der Waals surface area (Å²) >= 11 is 0. The summed E-state index contributed by atoms with van der Waals surface area (Å²) in [5, 5.41) is 2.53. The Bertz CT molecular complexity index is 1240. The summed E-state index contributed by atoms with van der Waals surface area (Å²) in [6, 6.07) is 10.3. The molecule has 0 aromatic heterocycles. The average Bonchev–Trinajstić information content (AvgIpc) is 3.06. The monoisotopic (exact) mass is 480 g/mol. The molecule has 2 aromatic rings. The summed E-state index contributed by atoms with van der Waals surface area (Å²) in [5.74, 6) is -1.44. The number of nitrogens with one attached hydrogen (secondary N) is 2. The van der Waals surface area contributed by atoms with E-state index >= 15 is 0 Å². The van der Waals surface area contributed by atoms with Crippen LogP contribution < -0.4 is 10.0 Å². The fourth-order valence-corrected chi connectivity index (χ4v) is 6.34. The molecule has 172 valence electrons. The van der Waals surface area contributed by atoms with Gasteiger partial charge in [-0.3, -0.25) is 9.52 Å². The van der Waals surface area contributed by atoms with Gasteiger partial charge in [-0.2, -0.15) is 0 Å². The van der Waals surface area contributed by atoms with Gasteiger partial charge in [0.1, 0.15) is 0 Å². The highest BCUT2D eigenvalue weighted by Gasteiger charge is 2.29. The van der Waals surface area contributed by atoms with Crippen molar-refractivity contribution in [2.45, 2.75) is 31.2 Å². The van der Waals surface area contributed by atoms with Crippen LogP contribution in [0.25, 0.3) is 0 Å². The molecule has 9 nitrogen and oxygen atoms in total. The molecule has 3 rings (SSSR count). The van der Waals surface area contributed by atoms with Crippen LogP contribution in [-0.2, 0) is 29.4 Å². The molecule has 0 saturated carbocycles. The van der Waals surface area contributed by atoms with Crippen molar-refractivity contribution in [2.75, 3.05) is 22.8 Å². The number of rotatable bonds is 7. The van der Waals surface area contributed by atoms with Gasteiger partial charge in [-0.05, 0) is 61.7 Å². The SMILES string of the molecule is Cc1ccc(C)c(S(=O)(=O)Nc2ccc(C(=O)OCC(=O)NC3CCS(=O)(=O)C3)cc2)c1. The van der Waals surface area contributed by atoms with Gasteiger partial charge in [-0.25, -0.2) is 21.6 Å². The van der Waals surface area contributed by atoms with Crippen molar-refractivity contribution in [1.29, 1.82) is 0 Å². The first kappa shape index (κ1) is 23.7. The minimum atomic E-state index is -3.80. The molecule has 32 heavy (non-hydrogen) atoms. The smallest absolute Gasteiger partial charge is 0.338 e. The molecule has 1 atom stereocenters. The molecule has 2 N–H and O–H groups in total. The van der Waals surface area contributed by atoms with Crippen LogP contribution in [0, 0.1) is 13.8 Å². The van der Waals surface area contributed by atoms with E-state index < -0.39 is 44.4 Å². The van der Waals surface area contributed by atoms with E-state index in [1.807, 2.05) is 6.07 Å². The number of benzene rings is 2. The third kappa shape index (κ3) is 6.07. The second-order valence-electron chi connectivity index (χ2n) is 7.70. The van der Waals surface area contributed by atoms with Crippen molar-refractivity contribution < 1.29 is 31.2 Å². The summed E-state index contributed by atoms with van der Waals surface area (Å²) in [7, 11) is -6.93. The molecule has 1 aliphatic heterocycles.